The Morgan fingerprint density at radius 3 is 2.56 bits per heavy atom. The lowest BCUT2D eigenvalue weighted by Crippen LogP contribution is -2.18. The number of aryl methyl sites for hydroxylation is 1. The highest BCUT2D eigenvalue weighted by atomic mass is 35.5. The molecule has 1 aromatic carbocycles. The van der Waals surface area contributed by atoms with Crippen LogP contribution >= 0.6 is 11.6 Å². The first kappa shape index (κ1) is 13.1. The van der Waals surface area contributed by atoms with Gasteiger partial charge in [0.15, 0.2) is 0 Å². The van der Waals surface area contributed by atoms with Crippen LogP contribution in [0.5, 0.6) is 0 Å². The summed E-state index contributed by atoms with van der Waals surface area (Å²) in [4.78, 5) is 0. The Kier molecular flexibility index (Phi) is 4.04. The Morgan fingerprint density at radius 1 is 1.33 bits per heavy atom. The summed E-state index contributed by atoms with van der Waals surface area (Å²) in [6.07, 6.45) is 1.91. The summed E-state index contributed by atoms with van der Waals surface area (Å²) in [6, 6.07) is 8.24. The van der Waals surface area contributed by atoms with Gasteiger partial charge >= 0.3 is 0 Å². The van der Waals surface area contributed by atoms with Crippen molar-refractivity contribution in [1.29, 1.82) is 0 Å². The molecule has 0 aliphatic rings. The first-order chi connectivity index (χ1) is 8.58. The van der Waals surface area contributed by atoms with E-state index in [1.165, 1.54) is 16.8 Å². The molecule has 2 rings (SSSR count). The maximum atomic E-state index is 5.88. The van der Waals surface area contributed by atoms with Crippen LogP contribution in [0.1, 0.15) is 29.8 Å². The van der Waals surface area contributed by atoms with Crippen LogP contribution in [0.4, 0.5) is 0 Å². The van der Waals surface area contributed by atoms with Crippen molar-refractivity contribution in [3.8, 4) is 0 Å². The van der Waals surface area contributed by atoms with Gasteiger partial charge in [-0.3, -0.25) is 4.68 Å². The van der Waals surface area contributed by atoms with E-state index >= 15 is 0 Å². The van der Waals surface area contributed by atoms with Crippen LogP contribution in [0.2, 0.25) is 5.02 Å². The van der Waals surface area contributed by atoms with E-state index in [-0.39, 0.29) is 0 Å². The Bertz CT molecular complexity index is 516. The van der Waals surface area contributed by atoms with Crippen molar-refractivity contribution in [3.05, 3.63) is 52.3 Å². The van der Waals surface area contributed by atoms with Crippen LogP contribution in [0.3, 0.4) is 0 Å². The van der Waals surface area contributed by atoms with Crippen LogP contribution in [-0.2, 0) is 13.6 Å². The van der Waals surface area contributed by atoms with E-state index in [9.17, 15) is 0 Å². The average Bonchev–Trinajstić information content (AvgIpc) is 2.68. The van der Waals surface area contributed by atoms with E-state index in [1.807, 2.05) is 30.1 Å². The second-order valence-corrected chi connectivity index (χ2v) is 4.97. The maximum absolute atomic E-state index is 5.88. The molecule has 0 spiro atoms. The zero-order chi connectivity index (χ0) is 13.1. The van der Waals surface area contributed by atoms with E-state index in [0.29, 0.717) is 6.04 Å². The molecule has 1 N–H and O–H groups in total. The third-order valence-corrected chi connectivity index (χ3v) is 3.56. The van der Waals surface area contributed by atoms with Gasteiger partial charge in [-0.1, -0.05) is 23.7 Å². The van der Waals surface area contributed by atoms with E-state index in [2.05, 4.69) is 36.4 Å². The smallest absolute Gasteiger partial charge is 0.0537 e. The predicted octanol–water partition coefficient (Wildman–Crippen LogP) is 3.23. The maximum Gasteiger partial charge on any atom is 0.0537 e. The fourth-order valence-corrected chi connectivity index (χ4v) is 1.98. The zero-order valence-electron chi connectivity index (χ0n) is 10.9. The summed E-state index contributed by atoms with van der Waals surface area (Å²) in [5, 5.41) is 8.50. The van der Waals surface area contributed by atoms with Gasteiger partial charge in [-0.15, -0.1) is 0 Å². The molecule has 0 saturated heterocycles. The minimum absolute atomic E-state index is 0.293. The molecule has 0 bridgehead atoms. The summed E-state index contributed by atoms with van der Waals surface area (Å²) < 4.78 is 1.89. The molecule has 0 saturated carbocycles. The Labute approximate surface area is 113 Å². The first-order valence-corrected chi connectivity index (χ1v) is 6.42. The number of nitrogens with one attached hydrogen (secondary N) is 1. The monoisotopic (exact) mass is 263 g/mol. The van der Waals surface area contributed by atoms with E-state index < -0.39 is 0 Å². The summed E-state index contributed by atoms with van der Waals surface area (Å²) in [6.45, 7) is 5.05. The van der Waals surface area contributed by atoms with Crippen molar-refractivity contribution in [1.82, 2.24) is 15.1 Å². The van der Waals surface area contributed by atoms with Crippen LogP contribution < -0.4 is 5.32 Å². The Hall–Kier alpha value is -1.32. The molecule has 0 aliphatic heterocycles. The average molecular weight is 264 g/mol. The van der Waals surface area contributed by atoms with Gasteiger partial charge in [0.2, 0.25) is 0 Å². The molecule has 0 fully saturated rings. The summed E-state index contributed by atoms with van der Waals surface area (Å²) >= 11 is 5.88. The summed E-state index contributed by atoms with van der Waals surface area (Å²) in [5.74, 6) is 0. The number of aromatic nitrogens is 2. The van der Waals surface area contributed by atoms with Crippen molar-refractivity contribution in [2.75, 3.05) is 0 Å². The van der Waals surface area contributed by atoms with Gasteiger partial charge in [-0.25, -0.2) is 0 Å². The first-order valence-electron chi connectivity index (χ1n) is 6.04. The van der Waals surface area contributed by atoms with Gasteiger partial charge in [0, 0.05) is 35.9 Å². The molecule has 1 heterocycles. The van der Waals surface area contributed by atoms with Crippen molar-refractivity contribution >= 4 is 11.6 Å². The lowest BCUT2D eigenvalue weighted by atomic mass is 10.1. The van der Waals surface area contributed by atoms with E-state index in [1.54, 1.807) is 0 Å². The Balaban J connectivity index is 1.98. The molecule has 0 aliphatic carbocycles. The summed E-state index contributed by atoms with van der Waals surface area (Å²) in [5.41, 5.74) is 3.67. The van der Waals surface area contributed by atoms with Gasteiger partial charge < -0.3 is 5.32 Å². The highest BCUT2D eigenvalue weighted by Crippen LogP contribution is 2.17. The number of hydrogen-bond acceptors (Lipinski definition) is 2. The SMILES string of the molecule is Cc1c(CNC(C)c2ccc(Cl)cc2)cnn1C. The minimum atomic E-state index is 0.293. The molecule has 1 unspecified atom stereocenters. The van der Waals surface area contributed by atoms with Gasteiger partial charge in [0.25, 0.3) is 0 Å². The minimum Gasteiger partial charge on any atom is -0.306 e. The van der Waals surface area contributed by atoms with Crippen LogP contribution in [0.25, 0.3) is 0 Å². The standard InChI is InChI=1S/C14H18ClN3/c1-10(12-4-6-14(15)7-5-12)16-8-13-9-17-18(3)11(13)2/h4-7,9-10,16H,8H2,1-3H3. The largest absolute Gasteiger partial charge is 0.306 e. The van der Waals surface area contributed by atoms with Crippen LogP contribution in [0.15, 0.2) is 30.5 Å². The van der Waals surface area contributed by atoms with Crippen molar-refractivity contribution in [2.24, 2.45) is 7.05 Å². The molecule has 1 aromatic heterocycles. The van der Waals surface area contributed by atoms with Gasteiger partial charge in [-0.2, -0.15) is 5.10 Å². The molecule has 2 aromatic rings. The van der Waals surface area contributed by atoms with Gasteiger partial charge in [-0.05, 0) is 31.5 Å². The predicted molar refractivity (Wildman–Crippen MR) is 74.7 cm³/mol. The molecule has 3 nitrogen and oxygen atoms in total. The number of benzene rings is 1. The molecular weight excluding hydrogens is 246 g/mol. The van der Waals surface area contributed by atoms with Gasteiger partial charge in [0.05, 0.1) is 6.20 Å². The fraction of sp³-hybridized carbons (Fsp3) is 0.357. The van der Waals surface area contributed by atoms with E-state index in [4.69, 9.17) is 11.6 Å². The summed E-state index contributed by atoms with van der Waals surface area (Å²) in [7, 11) is 1.96. The molecule has 96 valence electrons. The number of nitrogens with zero attached hydrogens (tertiary/aromatic N) is 2. The molecule has 1 atom stereocenters. The Morgan fingerprint density at radius 2 is 2.00 bits per heavy atom. The normalized spacial score (nSPS) is 12.7. The van der Waals surface area contributed by atoms with E-state index in [0.717, 1.165) is 11.6 Å². The zero-order valence-corrected chi connectivity index (χ0v) is 11.7. The molecule has 18 heavy (non-hydrogen) atoms. The highest BCUT2D eigenvalue weighted by molar-refractivity contribution is 6.30. The van der Waals surface area contributed by atoms with Crippen molar-refractivity contribution in [2.45, 2.75) is 26.4 Å². The van der Waals surface area contributed by atoms with Crippen molar-refractivity contribution in [3.63, 3.8) is 0 Å². The second-order valence-electron chi connectivity index (χ2n) is 4.53. The fourth-order valence-electron chi connectivity index (χ4n) is 1.85. The third-order valence-electron chi connectivity index (χ3n) is 3.31. The molecule has 0 radical (unpaired) electrons. The number of halogens is 1. The van der Waals surface area contributed by atoms with Crippen LogP contribution in [-0.4, -0.2) is 9.78 Å². The van der Waals surface area contributed by atoms with Gasteiger partial charge in [0.1, 0.15) is 0 Å². The number of rotatable bonds is 4. The molecule has 4 heteroatoms. The second kappa shape index (κ2) is 5.55. The third kappa shape index (κ3) is 2.92. The quantitative estimate of drug-likeness (QED) is 0.918. The molecular formula is C14H18ClN3. The van der Waals surface area contributed by atoms with Crippen LogP contribution in [0, 0.1) is 6.92 Å². The van der Waals surface area contributed by atoms with Crippen molar-refractivity contribution < 1.29 is 0 Å². The highest BCUT2D eigenvalue weighted by Gasteiger charge is 2.07. The lowest BCUT2D eigenvalue weighted by molar-refractivity contribution is 0.572. The topological polar surface area (TPSA) is 29.9 Å². The lowest BCUT2D eigenvalue weighted by Gasteiger charge is -2.14. The molecule has 0 amide bonds. The number of hydrogen-bond donors (Lipinski definition) is 1.